The van der Waals surface area contributed by atoms with Crippen molar-refractivity contribution in [2.45, 2.75) is 85.0 Å². The Hall–Kier alpha value is -0.440. The van der Waals surface area contributed by atoms with Crippen molar-refractivity contribution >= 4 is 0 Å². The van der Waals surface area contributed by atoms with Crippen molar-refractivity contribution in [1.29, 1.82) is 0 Å². The summed E-state index contributed by atoms with van der Waals surface area (Å²) in [6.07, 6.45) is 13.2. The van der Waals surface area contributed by atoms with E-state index in [9.17, 15) is 0 Å². The fourth-order valence-corrected chi connectivity index (χ4v) is 1.97. The average Bonchev–Trinajstić information content (AvgIpc) is 2.30. The topological polar surface area (TPSA) is 0 Å². The van der Waals surface area contributed by atoms with Gasteiger partial charge in [0.25, 0.3) is 0 Å². The van der Waals surface area contributed by atoms with E-state index in [0.717, 1.165) is 18.8 Å². The lowest BCUT2D eigenvalue weighted by Crippen LogP contribution is -1.94. The van der Waals surface area contributed by atoms with Crippen LogP contribution in [-0.4, -0.2) is 0 Å². The van der Waals surface area contributed by atoms with Gasteiger partial charge in [-0.1, -0.05) is 65.7 Å². The number of unbranched alkanes of at least 4 members (excludes halogenated alkanes) is 5. The van der Waals surface area contributed by atoms with Gasteiger partial charge in [0.15, 0.2) is 0 Å². The molecular formula is C16H30. The van der Waals surface area contributed by atoms with Crippen LogP contribution in [0.2, 0.25) is 0 Å². The molecule has 0 aromatic heterocycles. The minimum atomic E-state index is 0.944. The van der Waals surface area contributed by atoms with E-state index in [1.165, 1.54) is 51.4 Å². The van der Waals surface area contributed by atoms with Crippen molar-refractivity contribution < 1.29 is 0 Å². The van der Waals surface area contributed by atoms with Crippen molar-refractivity contribution in [3.63, 3.8) is 0 Å². The highest BCUT2D eigenvalue weighted by atomic mass is 14.1. The van der Waals surface area contributed by atoms with E-state index in [0.29, 0.717) is 0 Å². The molecule has 0 N–H and O–H groups in total. The maximum atomic E-state index is 3.21. The summed E-state index contributed by atoms with van der Waals surface area (Å²) in [4.78, 5) is 0. The van der Waals surface area contributed by atoms with Crippen LogP contribution in [0.1, 0.15) is 85.0 Å². The molecule has 0 aliphatic heterocycles. The standard InChI is InChI=1S/C16H30/c1-4-6-8-9-10-11-12-13-15-16(3)14-7-5-2/h16H,4-5,7,9-15H2,1-3H3. The van der Waals surface area contributed by atoms with Crippen molar-refractivity contribution in [3.8, 4) is 11.8 Å². The van der Waals surface area contributed by atoms with Crippen LogP contribution in [-0.2, 0) is 0 Å². The predicted molar refractivity (Wildman–Crippen MR) is 74.5 cm³/mol. The first kappa shape index (κ1) is 15.6. The van der Waals surface area contributed by atoms with Gasteiger partial charge in [-0.15, -0.1) is 11.8 Å². The SMILES string of the molecule is CCC#CCCCCCCC(C)CCCC. The maximum Gasteiger partial charge on any atom is 0.00886 e. The summed E-state index contributed by atoms with van der Waals surface area (Å²) < 4.78 is 0. The fraction of sp³-hybridized carbons (Fsp3) is 0.875. The smallest absolute Gasteiger partial charge is 0.00886 e. The zero-order valence-corrected chi connectivity index (χ0v) is 11.6. The van der Waals surface area contributed by atoms with Gasteiger partial charge in [0, 0.05) is 12.8 Å². The third kappa shape index (κ3) is 11.6. The molecule has 0 radical (unpaired) electrons. The van der Waals surface area contributed by atoms with Gasteiger partial charge < -0.3 is 0 Å². The first-order chi connectivity index (χ1) is 7.81. The highest BCUT2D eigenvalue weighted by molar-refractivity contribution is 4.97. The number of rotatable bonds is 9. The van der Waals surface area contributed by atoms with Gasteiger partial charge in [0.05, 0.1) is 0 Å². The minimum absolute atomic E-state index is 0.944. The summed E-state index contributed by atoms with van der Waals surface area (Å²) in [5, 5.41) is 0. The molecule has 16 heavy (non-hydrogen) atoms. The molecule has 0 aromatic rings. The van der Waals surface area contributed by atoms with Crippen molar-refractivity contribution in [3.05, 3.63) is 0 Å². The van der Waals surface area contributed by atoms with Gasteiger partial charge in [0.1, 0.15) is 0 Å². The van der Waals surface area contributed by atoms with E-state index in [4.69, 9.17) is 0 Å². The molecule has 0 saturated carbocycles. The lowest BCUT2D eigenvalue weighted by atomic mass is 9.97. The summed E-state index contributed by atoms with van der Waals surface area (Å²) in [5.74, 6) is 7.29. The number of hydrogen-bond donors (Lipinski definition) is 0. The molecule has 0 heterocycles. The molecule has 1 atom stereocenters. The van der Waals surface area contributed by atoms with E-state index in [1.54, 1.807) is 0 Å². The van der Waals surface area contributed by atoms with E-state index in [2.05, 4.69) is 32.6 Å². The van der Waals surface area contributed by atoms with Crippen molar-refractivity contribution in [2.24, 2.45) is 5.92 Å². The zero-order valence-electron chi connectivity index (χ0n) is 11.6. The van der Waals surface area contributed by atoms with Crippen LogP contribution in [0.4, 0.5) is 0 Å². The van der Waals surface area contributed by atoms with Crippen LogP contribution in [0.3, 0.4) is 0 Å². The molecule has 0 fully saturated rings. The zero-order chi connectivity index (χ0) is 12.1. The maximum absolute atomic E-state index is 3.21. The molecule has 0 rings (SSSR count). The second kappa shape index (κ2) is 12.6. The molecule has 0 aliphatic rings. The Balaban J connectivity index is 3.14. The molecule has 1 unspecified atom stereocenters. The van der Waals surface area contributed by atoms with Crippen molar-refractivity contribution in [1.82, 2.24) is 0 Å². The third-order valence-electron chi connectivity index (χ3n) is 3.10. The molecule has 0 amide bonds. The quantitative estimate of drug-likeness (QED) is 0.353. The van der Waals surface area contributed by atoms with E-state index < -0.39 is 0 Å². The summed E-state index contributed by atoms with van der Waals surface area (Å²) in [6, 6.07) is 0. The monoisotopic (exact) mass is 222 g/mol. The second-order valence-electron chi connectivity index (χ2n) is 4.91. The Morgan fingerprint density at radius 1 is 0.812 bits per heavy atom. The average molecular weight is 222 g/mol. The van der Waals surface area contributed by atoms with Crippen LogP contribution in [0.15, 0.2) is 0 Å². The third-order valence-corrected chi connectivity index (χ3v) is 3.10. The van der Waals surface area contributed by atoms with Gasteiger partial charge in [-0.05, 0) is 12.3 Å². The highest BCUT2D eigenvalue weighted by Gasteiger charge is 2.00. The summed E-state index contributed by atoms with van der Waals surface area (Å²) in [7, 11) is 0. The molecule has 0 aliphatic carbocycles. The Labute approximate surface area is 103 Å². The molecular weight excluding hydrogens is 192 g/mol. The molecule has 94 valence electrons. The van der Waals surface area contributed by atoms with Crippen LogP contribution in [0.25, 0.3) is 0 Å². The lowest BCUT2D eigenvalue weighted by molar-refractivity contribution is 0.444. The fourth-order valence-electron chi connectivity index (χ4n) is 1.97. The van der Waals surface area contributed by atoms with E-state index >= 15 is 0 Å². The molecule has 0 saturated heterocycles. The first-order valence-corrected chi connectivity index (χ1v) is 7.27. The lowest BCUT2D eigenvalue weighted by Gasteiger charge is -2.09. The van der Waals surface area contributed by atoms with Crippen LogP contribution >= 0.6 is 0 Å². The predicted octanol–water partition coefficient (Wildman–Crippen LogP) is 5.57. The number of hydrogen-bond acceptors (Lipinski definition) is 0. The van der Waals surface area contributed by atoms with Crippen LogP contribution < -0.4 is 0 Å². The largest absolute Gasteiger partial charge is 0.104 e. The second-order valence-corrected chi connectivity index (χ2v) is 4.91. The van der Waals surface area contributed by atoms with Crippen molar-refractivity contribution in [2.75, 3.05) is 0 Å². The first-order valence-electron chi connectivity index (χ1n) is 7.27. The molecule has 0 heteroatoms. The Morgan fingerprint density at radius 2 is 1.50 bits per heavy atom. The highest BCUT2D eigenvalue weighted by Crippen LogP contribution is 2.16. The summed E-state index contributed by atoms with van der Waals surface area (Å²) >= 11 is 0. The molecule has 0 bridgehead atoms. The summed E-state index contributed by atoms with van der Waals surface area (Å²) in [6.45, 7) is 6.80. The van der Waals surface area contributed by atoms with Gasteiger partial charge in [0.2, 0.25) is 0 Å². The van der Waals surface area contributed by atoms with Gasteiger partial charge in [-0.2, -0.15) is 0 Å². The molecule has 0 nitrogen and oxygen atoms in total. The van der Waals surface area contributed by atoms with E-state index in [1.807, 2.05) is 0 Å². The van der Waals surface area contributed by atoms with E-state index in [-0.39, 0.29) is 0 Å². The van der Waals surface area contributed by atoms with Gasteiger partial charge >= 0.3 is 0 Å². The Bertz CT molecular complexity index is 182. The summed E-state index contributed by atoms with van der Waals surface area (Å²) in [5.41, 5.74) is 0. The van der Waals surface area contributed by atoms with Gasteiger partial charge in [-0.3, -0.25) is 0 Å². The van der Waals surface area contributed by atoms with Gasteiger partial charge in [-0.25, -0.2) is 0 Å². The van der Waals surface area contributed by atoms with Crippen LogP contribution in [0.5, 0.6) is 0 Å². The molecule has 0 spiro atoms. The Kier molecular flexibility index (Phi) is 12.3. The van der Waals surface area contributed by atoms with Crippen LogP contribution in [0, 0.1) is 17.8 Å². The minimum Gasteiger partial charge on any atom is -0.104 e. The normalized spacial score (nSPS) is 11.9. The Morgan fingerprint density at radius 3 is 2.19 bits per heavy atom. The molecule has 0 aromatic carbocycles.